The molecule has 0 aliphatic heterocycles. The molecule has 0 amide bonds. The van der Waals surface area contributed by atoms with E-state index in [9.17, 15) is 9.90 Å². The van der Waals surface area contributed by atoms with Crippen LogP contribution in [-0.2, 0) is 11.2 Å². The van der Waals surface area contributed by atoms with Crippen LogP contribution in [0.4, 0.5) is 0 Å². The van der Waals surface area contributed by atoms with Crippen molar-refractivity contribution in [2.45, 2.75) is 26.4 Å². The Hall–Kier alpha value is -2.00. The largest absolute Gasteiger partial charge is 0.478 e. The number of aliphatic carboxylic acids is 1. The predicted octanol–water partition coefficient (Wildman–Crippen LogP) is 4.03. The molecule has 2 aromatic carbocycles. The maximum Gasteiger partial charge on any atom is 0.345 e. The molecule has 0 aliphatic carbocycles. The van der Waals surface area contributed by atoms with Crippen molar-refractivity contribution in [2.24, 2.45) is 0 Å². The van der Waals surface area contributed by atoms with Gasteiger partial charge in [-0.2, -0.15) is 0 Å². The summed E-state index contributed by atoms with van der Waals surface area (Å²) in [6, 6.07) is 12.8. The summed E-state index contributed by atoms with van der Waals surface area (Å²) in [5.41, 5.74) is 3.16. The van der Waals surface area contributed by atoms with E-state index in [1.165, 1.54) is 0 Å². The topological polar surface area (TPSA) is 46.5 Å². The van der Waals surface area contributed by atoms with Gasteiger partial charge in [0.2, 0.25) is 0 Å². The van der Waals surface area contributed by atoms with Crippen molar-refractivity contribution in [1.29, 1.82) is 0 Å². The van der Waals surface area contributed by atoms with Crippen LogP contribution in [0.5, 0.6) is 5.75 Å². The van der Waals surface area contributed by atoms with E-state index < -0.39 is 12.1 Å². The summed E-state index contributed by atoms with van der Waals surface area (Å²) >= 11 is 5.88. The second-order valence-electron chi connectivity index (χ2n) is 5.10. The summed E-state index contributed by atoms with van der Waals surface area (Å²) in [7, 11) is 0. The van der Waals surface area contributed by atoms with E-state index in [0.29, 0.717) is 17.2 Å². The number of hydrogen-bond donors (Lipinski definition) is 1. The van der Waals surface area contributed by atoms with Gasteiger partial charge in [0, 0.05) is 11.4 Å². The zero-order valence-electron chi connectivity index (χ0n) is 12.0. The second-order valence-corrected chi connectivity index (χ2v) is 5.54. The van der Waals surface area contributed by atoms with Gasteiger partial charge in [0.05, 0.1) is 0 Å². The summed E-state index contributed by atoms with van der Waals surface area (Å²) in [5, 5.41) is 9.86. The van der Waals surface area contributed by atoms with Crippen LogP contribution in [0.1, 0.15) is 16.7 Å². The first-order valence-corrected chi connectivity index (χ1v) is 7.04. The highest BCUT2D eigenvalue weighted by Gasteiger charge is 2.20. The molecule has 1 N–H and O–H groups in total. The molecule has 3 nitrogen and oxygen atoms in total. The van der Waals surface area contributed by atoms with Crippen LogP contribution in [0.15, 0.2) is 42.5 Å². The van der Waals surface area contributed by atoms with Crippen LogP contribution < -0.4 is 4.74 Å². The molecule has 2 aromatic rings. The molecule has 0 fully saturated rings. The number of ether oxygens (including phenoxy) is 1. The Morgan fingerprint density at radius 2 is 1.86 bits per heavy atom. The quantitative estimate of drug-likeness (QED) is 0.907. The first-order valence-electron chi connectivity index (χ1n) is 6.66. The fourth-order valence-electron chi connectivity index (χ4n) is 2.28. The third kappa shape index (κ3) is 4.50. The van der Waals surface area contributed by atoms with E-state index in [2.05, 4.69) is 6.07 Å². The van der Waals surface area contributed by atoms with Crippen LogP contribution in [0.3, 0.4) is 0 Å². The van der Waals surface area contributed by atoms with Gasteiger partial charge >= 0.3 is 5.97 Å². The Balaban J connectivity index is 2.17. The van der Waals surface area contributed by atoms with E-state index >= 15 is 0 Å². The highest BCUT2D eigenvalue weighted by Crippen LogP contribution is 2.20. The number of aryl methyl sites for hydroxylation is 2. The fraction of sp³-hybridized carbons (Fsp3) is 0.235. The fourth-order valence-corrected chi connectivity index (χ4v) is 2.47. The lowest BCUT2D eigenvalue weighted by Crippen LogP contribution is -2.29. The Bertz CT molecular complexity index is 632. The first-order chi connectivity index (χ1) is 9.94. The number of rotatable bonds is 5. The lowest BCUT2D eigenvalue weighted by molar-refractivity contribution is -0.145. The van der Waals surface area contributed by atoms with Crippen LogP contribution in [0.25, 0.3) is 0 Å². The summed E-state index contributed by atoms with van der Waals surface area (Å²) in [5.74, 6) is -0.534. The highest BCUT2D eigenvalue weighted by atomic mass is 35.5. The van der Waals surface area contributed by atoms with Gasteiger partial charge in [-0.05, 0) is 37.6 Å². The minimum Gasteiger partial charge on any atom is -0.478 e. The van der Waals surface area contributed by atoms with Crippen LogP contribution in [0, 0.1) is 13.8 Å². The minimum absolute atomic E-state index is 0.310. The van der Waals surface area contributed by atoms with Gasteiger partial charge in [-0.3, -0.25) is 0 Å². The maximum atomic E-state index is 11.4. The Morgan fingerprint density at radius 1 is 1.19 bits per heavy atom. The van der Waals surface area contributed by atoms with E-state index in [0.717, 1.165) is 16.7 Å². The monoisotopic (exact) mass is 304 g/mol. The van der Waals surface area contributed by atoms with Crippen LogP contribution in [0.2, 0.25) is 5.02 Å². The number of carboxylic acid groups (broad SMARTS) is 1. The molecule has 0 spiro atoms. The van der Waals surface area contributed by atoms with Gasteiger partial charge in [-0.1, -0.05) is 47.0 Å². The molecule has 0 saturated carbocycles. The van der Waals surface area contributed by atoms with Crippen molar-refractivity contribution >= 4 is 17.6 Å². The molecule has 21 heavy (non-hydrogen) atoms. The van der Waals surface area contributed by atoms with Crippen molar-refractivity contribution in [3.8, 4) is 5.75 Å². The molecule has 0 unspecified atom stereocenters. The minimum atomic E-state index is -0.992. The van der Waals surface area contributed by atoms with Crippen LogP contribution in [-0.4, -0.2) is 17.2 Å². The van der Waals surface area contributed by atoms with Gasteiger partial charge in [0.1, 0.15) is 5.75 Å². The molecule has 0 bridgehead atoms. The average molecular weight is 305 g/mol. The highest BCUT2D eigenvalue weighted by molar-refractivity contribution is 6.30. The molecule has 1 atom stereocenters. The molecular weight excluding hydrogens is 288 g/mol. The Kier molecular flexibility index (Phi) is 4.86. The zero-order chi connectivity index (χ0) is 15.4. The van der Waals surface area contributed by atoms with Crippen molar-refractivity contribution < 1.29 is 14.6 Å². The van der Waals surface area contributed by atoms with Crippen molar-refractivity contribution in [3.63, 3.8) is 0 Å². The Morgan fingerprint density at radius 3 is 2.43 bits per heavy atom. The standard InChI is InChI=1S/C17H17ClO3/c1-11-6-12(2)8-13(7-11)9-16(17(19)20)21-15-5-3-4-14(18)10-15/h3-8,10,16H,9H2,1-2H3,(H,19,20)/t16-/m0/s1. The molecule has 0 aromatic heterocycles. The first kappa shape index (κ1) is 15.4. The molecule has 0 heterocycles. The number of halogens is 1. The molecular formula is C17H17ClO3. The molecule has 2 rings (SSSR count). The number of carbonyl (C=O) groups is 1. The lowest BCUT2D eigenvalue weighted by atomic mass is 10.0. The molecule has 4 heteroatoms. The van der Waals surface area contributed by atoms with Crippen molar-refractivity contribution in [2.75, 3.05) is 0 Å². The predicted molar refractivity (Wildman–Crippen MR) is 83.1 cm³/mol. The number of benzene rings is 2. The molecule has 0 saturated heterocycles. The summed E-state index contributed by atoms with van der Waals surface area (Å²) in [6.45, 7) is 3.98. The van der Waals surface area contributed by atoms with Gasteiger partial charge < -0.3 is 9.84 Å². The SMILES string of the molecule is Cc1cc(C)cc(C[C@H](Oc2cccc(Cl)c2)C(=O)O)c1. The Labute approximate surface area is 129 Å². The van der Waals surface area contributed by atoms with Crippen molar-refractivity contribution in [3.05, 3.63) is 64.2 Å². The number of carboxylic acids is 1. The average Bonchev–Trinajstić information content (AvgIpc) is 2.36. The molecule has 0 aliphatic rings. The molecule has 110 valence electrons. The smallest absolute Gasteiger partial charge is 0.345 e. The third-order valence-electron chi connectivity index (χ3n) is 3.05. The van der Waals surface area contributed by atoms with E-state index in [1.807, 2.05) is 26.0 Å². The normalized spacial score (nSPS) is 12.0. The summed E-state index contributed by atoms with van der Waals surface area (Å²) in [6.07, 6.45) is -0.630. The van der Waals surface area contributed by atoms with Crippen molar-refractivity contribution in [1.82, 2.24) is 0 Å². The van der Waals surface area contributed by atoms with E-state index in [-0.39, 0.29) is 0 Å². The number of hydrogen-bond acceptors (Lipinski definition) is 2. The summed E-state index contributed by atoms with van der Waals surface area (Å²) in [4.78, 5) is 11.4. The maximum absolute atomic E-state index is 11.4. The lowest BCUT2D eigenvalue weighted by Gasteiger charge is -2.16. The zero-order valence-corrected chi connectivity index (χ0v) is 12.7. The summed E-state index contributed by atoms with van der Waals surface area (Å²) < 4.78 is 5.56. The third-order valence-corrected chi connectivity index (χ3v) is 3.29. The van der Waals surface area contributed by atoms with Crippen LogP contribution >= 0.6 is 11.6 Å². The van der Waals surface area contributed by atoms with Gasteiger partial charge in [-0.15, -0.1) is 0 Å². The molecule has 0 radical (unpaired) electrons. The second kappa shape index (κ2) is 6.64. The van der Waals surface area contributed by atoms with E-state index in [4.69, 9.17) is 16.3 Å². The van der Waals surface area contributed by atoms with Gasteiger partial charge in [-0.25, -0.2) is 4.79 Å². The van der Waals surface area contributed by atoms with Gasteiger partial charge in [0.15, 0.2) is 6.10 Å². The van der Waals surface area contributed by atoms with Gasteiger partial charge in [0.25, 0.3) is 0 Å². The van der Waals surface area contributed by atoms with E-state index in [1.54, 1.807) is 24.3 Å².